The van der Waals surface area contributed by atoms with Crippen LogP contribution in [0.5, 0.6) is 0 Å². The fourth-order valence-electron chi connectivity index (χ4n) is 3.07. The minimum Gasteiger partial charge on any atom is -0.325 e. The average molecular weight is 489 g/mol. The van der Waals surface area contributed by atoms with Crippen LogP contribution in [0.25, 0.3) is 0 Å². The first kappa shape index (κ1) is 24.2. The number of hydrogen-bond acceptors (Lipinski definition) is 6. The van der Waals surface area contributed by atoms with Crippen molar-refractivity contribution in [1.82, 2.24) is 4.98 Å². The zero-order valence-electron chi connectivity index (χ0n) is 18.3. The Morgan fingerprint density at radius 2 is 1.64 bits per heavy atom. The summed E-state index contributed by atoms with van der Waals surface area (Å²) in [7, 11) is -7.55. The summed E-state index contributed by atoms with van der Waals surface area (Å²) in [5.74, 6) is -0.564. The summed E-state index contributed by atoms with van der Waals surface area (Å²) in [6.45, 7) is 3.23. The Balaban J connectivity index is 1.74. The molecule has 3 rings (SSSR count). The SMILES string of the molecule is Cc1cccc(N(CC(=O)Nc2ccc(S(=O)(=O)Nc3cccnc3)cc2)S(C)(=O)=O)c1C. The Morgan fingerprint density at radius 3 is 2.24 bits per heavy atom. The average Bonchev–Trinajstić information content (AvgIpc) is 2.74. The monoisotopic (exact) mass is 488 g/mol. The normalized spacial score (nSPS) is 11.6. The van der Waals surface area contributed by atoms with Crippen molar-refractivity contribution in [3.8, 4) is 0 Å². The number of rotatable bonds is 8. The van der Waals surface area contributed by atoms with Gasteiger partial charge in [0.2, 0.25) is 15.9 Å². The number of anilines is 3. The lowest BCUT2D eigenvalue weighted by atomic mass is 10.1. The molecule has 1 amide bonds. The van der Waals surface area contributed by atoms with Crippen molar-refractivity contribution in [2.75, 3.05) is 27.1 Å². The molecule has 11 heteroatoms. The number of carbonyl (C=O) groups excluding carboxylic acids is 1. The molecule has 0 unspecified atom stereocenters. The third kappa shape index (κ3) is 6.08. The lowest BCUT2D eigenvalue weighted by Gasteiger charge is -2.24. The minimum atomic E-state index is -3.83. The molecule has 0 bridgehead atoms. The molecule has 174 valence electrons. The van der Waals surface area contributed by atoms with Crippen molar-refractivity contribution in [1.29, 1.82) is 0 Å². The van der Waals surface area contributed by atoms with E-state index in [2.05, 4.69) is 15.0 Å². The maximum absolute atomic E-state index is 12.6. The molecular formula is C22H24N4O5S2. The van der Waals surface area contributed by atoms with Gasteiger partial charge in [-0.3, -0.25) is 18.8 Å². The smallest absolute Gasteiger partial charge is 0.261 e. The van der Waals surface area contributed by atoms with Crippen molar-refractivity contribution in [3.63, 3.8) is 0 Å². The van der Waals surface area contributed by atoms with Crippen LogP contribution in [0.4, 0.5) is 17.1 Å². The molecule has 1 heterocycles. The summed E-state index contributed by atoms with van der Waals surface area (Å²) in [6, 6.07) is 13.9. The molecule has 3 aromatic rings. The van der Waals surface area contributed by atoms with Crippen LogP contribution in [0.15, 0.2) is 71.9 Å². The molecular weight excluding hydrogens is 464 g/mol. The fourth-order valence-corrected chi connectivity index (χ4v) is 5.02. The summed E-state index contributed by atoms with van der Waals surface area (Å²) < 4.78 is 53.2. The number of amides is 1. The summed E-state index contributed by atoms with van der Waals surface area (Å²) in [4.78, 5) is 16.5. The van der Waals surface area contributed by atoms with Gasteiger partial charge in [0.1, 0.15) is 6.54 Å². The third-order valence-electron chi connectivity index (χ3n) is 4.89. The molecule has 1 aromatic heterocycles. The van der Waals surface area contributed by atoms with E-state index in [1.54, 1.807) is 31.2 Å². The van der Waals surface area contributed by atoms with E-state index in [-0.39, 0.29) is 4.90 Å². The van der Waals surface area contributed by atoms with Gasteiger partial charge in [-0.25, -0.2) is 16.8 Å². The maximum Gasteiger partial charge on any atom is 0.261 e. The van der Waals surface area contributed by atoms with Crippen LogP contribution in [0.2, 0.25) is 0 Å². The van der Waals surface area contributed by atoms with E-state index in [4.69, 9.17) is 0 Å². The van der Waals surface area contributed by atoms with Gasteiger partial charge in [-0.05, 0) is 67.4 Å². The van der Waals surface area contributed by atoms with Gasteiger partial charge in [0.05, 0.1) is 28.7 Å². The lowest BCUT2D eigenvalue weighted by Crippen LogP contribution is -2.38. The Hall–Kier alpha value is -3.44. The first-order valence-electron chi connectivity index (χ1n) is 9.84. The molecule has 0 saturated carbocycles. The summed E-state index contributed by atoms with van der Waals surface area (Å²) >= 11 is 0. The van der Waals surface area contributed by atoms with Gasteiger partial charge < -0.3 is 5.32 Å². The molecule has 0 atom stereocenters. The number of nitrogens with zero attached hydrogens (tertiary/aromatic N) is 2. The molecule has 0 fully saturated rings. The second kappa shape index (κ2) is 9.59. The quantitative estimate of drug-likeness (QED) is 0.502. The van der Waals surface area contributed by atoms with Gasteiger partial charge in [0, 0.05) is 11.9 Å². The number of carbonyl (C=O) groups is 1. The highest BCUT2D eigenvalue weighted by atomic mass is 32.2. The van der Waals surface area contributed by atoms with E-state index in [1.807, 2.05) is 13.0 Å². The van der Waals surface area contributed by atoms with Crippen LogP contribution in [0.1, 0.15) is 11.1 Å². The van der Waals surface area contributed by atoms with Gasteiger partial charge >= 0.3 is 0 Å². The standard InChI is InChI=1S/C22H24N4O5S2/c1-16-6-4-8-21(17(16)2)26(32(3,28)29)15-22(27)24-18-9-11-20(12-10-18)33(30,31)25-19-7-5-13-23-14-19/h4-14,25H,15H2,1-3H3,(H,24,27). The van der Waals surface area contributed by atoms with Crippen molar-refractivity contribution >= 4 is 43.0 Å². The first-order chi connectivity index (χ1) is 15.5. The first-order valence-corrected chi connectivity index (χ1v) is 13.2. The van der Waals surface area contributed by atoms with Gasteiger partial charge in [-0.1, -0.05) is 12.1 Å². The highest BCUT2D eigenvalue weighted by Crippen LogP contribution is 2.25. The van der Waals surface area contributed by atoms with Crippen LogP contribution < -0.4 is 14.3 Å². The number of aryl methyl sites for hydroxylation is 1. The van der Waals surface area contributed by atoms with Crippen molar-refractivity contribution in [2.24, 2.45) is 0 Å². The third-order valence-corrected chi connectivity index (χ3v) is 7.42. The van der Waals surface area contributed by atoms with E-state index in [0.29, 0.717) is 17.1 Å². The number of nitrogens with one attached hydrogen (secondary N) is 2. The van der Waals surface area contributed by atoms with Crippen molar-refractivity contribution in [3.05, 3.63) is 78.1 Å². The topological polar surface area (TPSA) is 126 Å². The van der Waals surface area contributed by atoms with Gasteiger partial charge in [-0.2, -0.15) is 0 Å². The largest absolute Gasteiger partial charge is 0.325 e. The second-order valence-electron chi connectivity index (χ2n) is 7.41. The Kier molecular flexibility index (Phi) is 7.04. The number of aromatic nitrogens is 1. The molecule has 0 radical (unpaired) electrons. The number of benzene rings is 2. The summed E-state index contributed by atoms with van der Waals surface area (Å²) in [5.41, 5.74) is 2.73. The van der Waals surface area contributed by atoms with E-state index < -0.39 is 32.5 Å². The molecule has 2 aromatic carbocycles. The highest BCUT2D eigenvalue weighted by molar-refractivity contribution is 7.92. The van der Waals surface area contributed by atoms with E-state index in [0.717, 1.165) is 21.7 Å². The second-order valence-corrected chi connectivity index (χ2v) is 11.0. The van der Waals surface area contributed by atoms with Gasteiger partial charge in [0.25, 0.3) is 10.0 Å². The molecule has 0 saturated heterocycles. The Morgan fingerprint density at radius 1 is 0.939 bits per heavy atom. The molecule has 33 heavy (non-hydrogen) atoms. The van der Waals surface area contributed by atoms with E-state index in [9.17, 15) is 21.6 Å². The van der Waals surface area contributed by atoms with Gasteiger partial charge in [-0.15, -0.1) is 0 Å². The molecule has 0 aliphatic heterocycles. The minimum absolute atomic E-state index is 0.00231. The molecule has 0 spiro atoms. The Labute approximate surface area is 193 Å². The highest BCUT2D eigenvalue weighted by Gasteiger charge is 2.23. The number of pyridine rings is 1. The van der Waals surface area contributed by atoms with Crippen LogP contribution in [-0.4, -0.2) is 40.5 Å². The van der Waals surface area contributed by atoms with Gasteiger partial charge in [0.15, 0.2) is 0 Å². The Bertz CT molecular complexity index is 1360. The zero-order valence-corrected chi connectivity index (χ0v) is 19.9. The van der Waals surface area contributed by atoms with Crippen LogP contribution in [-0.2, 0) is 24.8 Å². The van der Waals surface area contributed by atoms with Crippen molar-refractivity contribution < 1.29 is 21.6 Å². The van der Waals surface area contributed by atoms with Crippen LogP contribution in [0.3, 0.4) is 0 Å². The molecule has 0 aliphatic carbocycles. The van der Waals surface area contributed by atoms with E-state index in [1.165, 1.54) is 36.7 Å². The fraction of sp³-hybridized carbons (Fsp3) is 0.182. The summed E-state index contributed by atoms with van der Waals surface area (Å²) in [5, 5.41) is 2.61. The van der Waals surface area contributed by atoms with Crippen molar-refractivity contribution in [2.45, 2.75) is 18.7 Å². The van der Waals surface area contributed by atoms with Crippen LogP contribution >= 0.6 is 0 Å². The van der Waals surface area contributed by atoms with E-state index >= 15 is 0 Å². The lowest BCUT2D eigenvalue weighted by molar-refractivity contribution is -0.114. The number of sulfonamides is 2. The summed E-state index contributed by atoms with van der Waals surface area (Å²) in [6.07, 6.45) is 3.95. The molecule has 0 aliphatic rings. The number of hydrogen-bond donors (Lipinski definition) is 2. The maximum atomic E-state index is 12.6. The zero-order chi connectivity index (χ0) is 24.2. The molecule has 9 nitrogen and oxygen atoms in total. The molecule has 2 N–H and O–H groups in total. The van der Waals surface area contributed by atoms with Crippen LogP contribution in [0, 0.1) is 13.8 Å². The predicted octanol–water partition coefficient (Wildman–Crippen LogP) is 2.90. The predicted molar refractivity (Wildman–Crippen MR) is 128 cm³/mol.